The van der Waals surface area contributed by atoms with Crippen molar-refractivity contribution < 1.29 is 8.42 Å². The number of hydrogen-bond donors (Lipinski definition) is 0. The van der Waals surface area contributed by atoms with Gasteiger partial charge < -0.3 is 0 Å². The van der Waals surface area contributed by atoms with E-state index in [1.807, 2.05) is 18.2 Å². The number of nitrogens with zero attached hydrogens (tertiary/aromatic N) is 2. The SMILES string of the molecule is O=S(=O)(c1ccccc1)N(Cc1ccncc1)C1CC1. The number of rotatable bonds is 5. The summed E-state index contributed by atoms with van der Waals surface area (Å²) in [5, 5.41) is 0. The van der Waals surface area contributed by atoms with Gasteiger partial charge in [-0.15, -0.1) is 0 Å². The molecule has 1 aliphatic carbocycles. The van der Waals surface area contributed by atoms with Gasteiger partial charge in [-0.05, 0) is 42.7 Å². The molecule has 0 aliphatic heterocycles. The molecule has 1 aromatic heterocycles. The summed E-state index contributed by atoms with van der Waals surface area (Å²) in [5.74, 6) is 0. The molecule has 0 unspecified atom stereocenters. The van der Waals surface area contributed by atoms with Crippen LogP contribution in [0.5, 0.6) is 0 Å². The third-order valence-corrected chi connectivity index (χ3v) is 5.30. The van der Waals surface area contributed by atoms with E-state index in [4.69, 9.17) is 0 Å². The summed E-state index contributed by atoms with van der Waals surface area (Å²) in [7, 11) is -3.42. The van der Waals surface area contributed by atoms with E-state index in [0.29, 0.717) is 11.4 Å². The number of aromatic nitrogens is 1. The molecular weight excluding hydrogens is 272 g/mol. The second kappa shape index (κ2) is 5.34. The van der Waals surface area contributed by atoms with Crippen LogP contribution in [0.2, 0.25) is 0 Å². The maximum absolute atomic E-state index is 12.7. The maximum atomic E-state index is 12.7. The van der Waals surface area contributed by atoms with E-state index in [2.05, 4.69) is 4.98 Å². The van der Waals surface area contributed by atoms with E-state index in [-0.39, 0.29) is 6.04 Å². The van der Waals surface area contributed by atoms with Crippen molar-refractivity contribution in [1.29, 1.82) is 0 Å². The number of hydrogen-bond acceptors (Lipinski definition) is 3. The fourth-order valence-electron chi connectivity index (χ4n) is 2.17. The van der Waals surface area contributed by atoms with Crippen molar-refractivity contribution in [3.8, 4) is 0 Å². The van der Waals surface area contributed by atoms with Crippen LogP contribution in [0.3, 0.4) is 0 Å². The zero-order valence-electron chi connectivity index (χ0n) is 11.0. The predicted octanol–water partition coefficient (Wildman–Crippen LogP) is 2.43. The standard InChI is InChI=1S/C15H16N2O2S/c18-20(19,15-4-2-1-3-5-15)17(14-6-7-14)12-13-8-10-16-11-9-13/h1-5,8-11,14H,6-7,12H2. The molecule has 0 amide bonds. The maximum Gasteiger partial charge on any atom is 0.243 e. The minimum absolute atomic E-state index is 0.133. The molecule has 1 aliphatic rings. The molecule has 0 N–H and O–H groups in total. The van der Waals surface area contributed by atoms with Crippen LogP contribution in [-0.4, -0.2) is 23.7 Å². The summed E-state index contributed by atoms with van der Waals surface area (Å²) >= 11 is 0. The molecule has 5 heteroatoms. The van der Waals surface area contributed by atoms with Gasteiger partial charge in [-0.25, -0.2) is 8.42 Å². The summed E-state index contributed by atoms with van der Waals surface area (Å²) in [5.41, 5.74) is 0.964. The smallest absolute Gasteiger partial charge is 0.243 e. The fraction of sp³-hybridized carbons (Fsp3) is 0.267. The second-order valence-corrected chi connectivity index (χ2v) is 6.84. The molecular formula is C15H16N2O2S. The van der Waals surface area contributed by atoms with E-state index in [1.165, 1.54) is 0 Å². The van der Waals surface area contributed by atoms with Gasteiger partial charge >= 0.3 is 0 Å². The third-order valence-electron chi connectivity index (χ3n) is 3.39. The van der Waals surface area contributed by atoms with E-state index >= 15 is 0 Å². The Labute approximate surface area is 119 Å². The molecule has 0 bridgehead atoms. The Balaban J connectivity index is 1.91. The van der Waals surface area contributed by atoms with Crippen molar-refractivity contribution >= 4 is 10.0 Å². The van der Waals surface area contributed by atoms with Crippen molar-refractivity contribution in [2.75, 3.05) is 0 Å². The summed E-state index contributed by atoms with van der Waals surface area (Å²) in [4.78, 5) is 4.33. The minimum atomic E-state index is -3.42. The molecule has 1 fully saturated rings. The highest BCUT2D eigenvalue weighted by atomic mass is 32.2. The molecule has 1 heterocycles. The highest BCUT2D eigenvalue weighted by Crippen LogP contribution is 2.33. The van der Waals surface area contributed by atoms with Gasteiger partial charge in [0, 0.05) is 25.0 Å². The molecule has 0 spiro atoms. The summed E-state index contributed by atoms with van der Waals surface area (Å²) in [6.45, 7) is 0.407. The van der Waals surface area contributed by atoms with Gasteiger partial charge in [0.15, 0.2) is 0 Å². The van der Waals surface area contributed by atoms with Gasteiger partial charge in [0.2, 0.25) is 10.0 Å². The summed E-state index contributed by atoms with van der Waals surface area (Å²) < 4.78 is 27.1. The largest absolute Gasteiger partial charge is 0.265 e. The van der Waals surface area contributed by atoms with Crippen LogP contribution < -0.4 is 0 Å². The lowest BCUT2D eigenvalue weighted by molar-refractivity contribution is 0.398. The number of sulfonamides is 1. The Hall–Kier alpha value is -1.72. The Morgan fingerprint density at radius 3 is 2.30 bits per heavy atom. The molecule has 0 atom stereocenters. The predicted molar refractivity (Wildman–Crippen MR) is 76.4 cm³/mol. The van der Waals surface area contributed by atoms with Crippen LogP contribution in [0.15, 0.2) is 59.8 Å². The van der Waals surface area contributed by atoms with E-state index < -0.39 is 10.0 Å². The van der Waals surface area contributed by atoms with Gasteiger partial charge in [-0.3, -0.25) is 4.98 Å². The monoisotopic (exact) mass is 288 g/mol. The number of pyridine rings is 1. The first-order valence-corrected chi connectivity index (χ1v) is 8.08. The zero-order chi connectivity index (χ0) is 14.0. The third kappa shape index (κ3) is 2.73. The Kier molecular flexibility index (Phi) is 3.54. The van der Waals surface area contributed by atoms with Crippen LogP contribution in [0.25, 0.3) is 0 Å². The molecule has 0 radical (unpaired) electrons. The quantitative estimate of drug-likeness (QED) is 0.849. The Bertz CT molecular complexity index is 668. The minimum Gasteiger partial charge on any atom is -0.265 e. The van der Waals surface area contributed by atoms with Crippen LogP contribution in [-0.2, 0) is 16.6 Å². The first kappa shape index (κ1) is 13.3. The Morgan fingerprint density at radius 1 is 1.05 bits per heavy atom. The van der Waals surface area contributed by atoms with Crippen molar-refractivity contribution in [3.05, 3.63) is 60.4 Å². The van der Waals surface area contributed by atoms with Crippen molar-refractivity contribution in [2.24, 2.45) is 0 Å². The summed E-state index contributed by atoms with van der Waals surface area (Å²) in [6.07, 6.45) is 5.26. The van der Waals surface area contributed by atoms with E-state index in [1.54, 1.807) is 41.0 Å². The normalized spacial score (nSPS) is 15.4. The highest BCUT2D eigenvalue weighted by molar-refractivity contribution is 7.89. The molecule has 0 saturated heterocycles. The van der Waals surface area contributed by atoms with Gasteiger partial charge in [0.25, 0.3) is 0 Å². The first-order valence-electron chi connectivity index (χ1n) is 6.64. The zero-order valence-corrected chi connectivity index (χ0v) is 11.8. The van der Waals surface area contributed by atoms with Crippen molar-refractivity contribution in [2.45, 2.75) is 30.3 Å². The molecule has 1 saturated carbocycles. The van der Waals surface area contributed by atoms with Crippen LogP contribution in [0, 0.1) is 0 Å². The fourth-order valence-corrected chi connectivity index (χ4v) is 3.86. The topological polar surface area (TPSA) is 50.3 Å². The molecule has 1 aromatic carbocycles. The lowest BCUT2D eigenvalue weighted by atomic mass is 10.3. The van der Waals surface area contributed by atoms with Gasteiger partial charge in [-0.2, -0.15) is 4.31 Å². The average molecular weight is 288 g/mol. The second-order valence-electron chi connectivity index (χ2n) is 4.95. The lowest BCUT2D eigenvalue weighted by Gasteiger charge is -2.22. The first-order chi connectivity index (χ1) is 9.68. The molecule has 104 valence electrons. The number of benzene rings is 1. The molecule has 4 nitrogen and oxygen atoms in total. The van der Waals surface area contributed by atoms with E-state index in [0.717, 1.165) is 18.4 Å². The van der Waals surface area contributed by atoms with Crippen LogP contribution in [0.4, 0.5) is 0 Å². The van der Waals surface area contributed by atoms with Gasteiger partial charge in [-0.1, -0.05) is 18.2 Å². The van der Waals surface area contributed by atoms with Crippen LogP contribution >= 0.6 is 0 Å². The van der Waals surface area contributed by atoms with Gasteiger partial charge in [0.1, 0.15) is 0 Å². The highest BCUT2D eigenvalue weighted by Gasteiger charge is 2.37. The van der Waals surface area contributed by atoms with Crippen molar-refractivity contribution in [3.63, 3.8) is 0 Å². The summed E-state index contributed by atoms with van der Waals surface area (Å²) in [6, 6.07) is 12.5. The molecule has 2 aromatic rings. The van der Waals surface area contributed by atoms with Gasteiger partial charge in [0.05, 0.1) is 4.90 Å². The van der Waals surface area contributed by atoms with E-state index in [9.17, 15) is 8.42 Å². The average Bonchev–Trinajstić information content (AvgIpc) is 3.31. The molecule has 3 rings (SSSR count). The lowest BCUT2D eigenvalue weighted by Crippen LogP contribution is -2.32. The van der Waals surface area contributed by atoms with Crippen molar-refractivity contribution in [1.82, 2.24) is 9.29 Å². The Morgan fingerprint density at radius 2 is 1.70 bits per heavy atom. The molecule has 20 heavy (non-hydrogen) atoms. The van der Waals surface area contributed by atoms with Crippen LogP contribution in [0.1, 0.15) is 18.4 Å².